The minimum absolute atomic E-state index is 0.290. The number of hydrogen-bond donors (Lipinski definition) is 0. The van der Waals surface area contributed by atoms with Gasteiger partial charge in [-0.15, -0.1) is 0 Å². The Morgan fingerprint density at radius 3 is 2.23 bits per heavy atom. The van der Waals surface area contributed by atoms with Crippen LogP contribution in [-0.2, 0) is 5.41 Å². The summed E-state index contributed by atoms with van der Waals surface area (Å²) in [4.78, 5) is 16.0. The lowest BCUT2D eigenvalue weighted by molar-refractivity contribution is 0.277. The Hall–Kier alpha value is -4.59. The Morgan fingerprint density at radius 1 is 0.884 bits per heavy atom. The molecule has 3 aromatic heterocycles. The van der Waals surface area contributed by atoms with E-state index in [1.807, 2.05) is 48.8 Å². The highest BCUT2D eigenvalue weighted by Crippen LogP contribution is 2.39. The summed E-state index contributed by atoms with van der Waals surface area (Å²) in [5, 5.41) is 4.23. The number of halogens is 1. The minimum Gasteiger partial charge on any atom is -0.495 e. The molecule has 8 heteroatoms. The molecule has 220 valence electrons. The Balaban J connectivity index is 1.20. The molecule has 2 aromatic carbocycles. The smallest absolute Gasteiger partial charge is 0.258 e. The number of hydrogen-bond acceptors (Lipinski definition) is 7. The van der Waals surface area contributed by atoms with Crippen molar-refractivity contribution in [1.82, 2.24) is 20.1 Å². The summed E-state index contributed by atoms with van der Waals surface area (Å²) < 4.78 is 24.5. The SMILES string of the molecule is COc1cncc(-c2ccc(C(C)(c3ccc(-c4noc(-c5ccc(N6CCC(F)CC6)cc5)n4)cn3)C(C)C)cc2)c1. The standard InChI is InChI=1S/C35H36FN5O2/c1-23(2)35(3,28-10-5-24(6-11-28)27-19-31(42-4)22-37-20-27)32-14-9-26(21-38-32)33-39-34(43-40-33)25-7-12-30(13-8-25)41-17-15-29(36)16-18-41/h5-14,19-23,29H,15-18H2,1-4H3. The minimum atomic E-state index is -0.690. The molecule has 4 heterocycles. The van der Waals surface area contributed by atoms with Crippen LogP contribution in [0.4, 0.5) is 10.1 Å². The van der Waals surface area contributed by atoms with Gasteiger partial charge in [-0.1, -0.05) is 43.3 Å². The van der Waals surface area contributed by atoms with E-state index in [4.69, 9.17) is 14.2 Å². The number of piperidine rings is 1. The zero-order valence-corrected chi connectivity index (χ0v) is 25.0. The normalized spacial score (nSPS) is 15.4. The van der Waals surface area contributed by atoms with E-state index in [2.05, 4.69) is 71.1 Å². The Kier molecular flexibility index (Phi) is 7.93. The third kappa shape index (κ3) is 5.74. The van der Waals surface area contributed by atoms with Crippen molar-refractivity contribution in [2.24, 2.45) is 5.92 Å². The molecular weight excluding hydrogens is 541 g/mol. The molecule has 5 aromatic rings. The molecule has 1 fully saturated rings. The lowest BCUT2D eigenvalue weighted by atomic mass is 9.70. The van der Waals surface area contributed by atoms with Crippen molar-refractivity contribution in [1.29, 1.82) is 0 Å². The van der Waals surface area contributed by atoms with Crippen LogP contribution in [0.15, 0.2) is 89.8 Å². The molecule has 1 unspecified atom stereocenters. The molecule has 0 bridgehead atoms. The molecule has 6 rings (SSSR count). The maximum absolute atomic E-state index is 13.5. The number of rotatable bonds is 8. The lowest BCUT2D eigenvalue weighted by Gasteiger charge is -2.34. The molecule has 7 nitrogen and oxygen atoms in total. The summed E-state index contributed by atoms with van der Waals surface area (Å²) in [6.45, 7) is 8.13. The molecule has 0 aliphatic carbocycles. The average molecular weight is 578 g/mol. The Labute approximate surface area is 251 Å². The quantitative estimate of drug-likeness (QED) is 0.186. The van der Waals surface area contributed by atoms with Gasteiger partial charge in [-0.05, 0) is 79.3 Å². The molecule has 0 N–H and O–H groups in total. The molecule has 1 aliphatic rings. The fraction of sp³-hybridized carbons (Fsp3) is 0.314. The van der Waals surface area contributed by atoms with Gasteiger partial charge in [0.1, 0.15) is 11.9 Å². The summed E-state index contributed by atoms with van der Waals surface area (Å²) >= 11 is 0. The second kappa shape index (κ2) is 12.0. The molecule has 1 aliphatic heterocycles. The second-order valence-electron chi connectivity index (χ2n) is 11.6. The molecule has 0 amide bonds. The summed E-state index contributed by atoms with van der Waals surface area (Å²) in [5.41, 5.74) is 6.63. The number of methoxy groups -OCH3 is 1. The van der Waals surface area contributed by atoms with E-state index in [0.717, 1.165) is 52.5 Å². The molecule has 43 heavy (non-hydrogen) atoms. The van der Waals surface area contributed by atoms with E-state index in [-0.39, 0.29) is 5.41 Å². The van der Waals surface area contributed by atoms with Gasteiger partial charge in [0.2, 0.25) is 5.82 Å². The highest BCUT2D eigenvalue weighted by atomic mass is 19.1. The third-order valence-corrected chi connectivity index (χ3v) is 8.81. The van der Waals surface area contributed by atoms with Crippen molar-refractivity contribution in [2.75, 3.05) is 25.1 Å². The van der Waals surface area contributed by atoms with E-state index in [0.29, 0.717) is 30.5 Å². The van der Waals surface area contributed by atoms with Crippen LogP contribution in [0, 0.1) is 5.92 Å². The van der Waals surface area contributed by atoms with Gasteiger partial charge in [-0.25, -0.2) is 4.39 Å². The monoisotopic (exact) mass is 577 g/mol. The van der Waals surface area contributed by atoms with Gasteiger partial charge in [-0.2, -0.15) is 4.98 Å². The predicted octanol–water partition coefficient (Wildman–Crippen LogP) is 7.77. The number of pyridine rings is 2. The molecule has 0 saturated carbocycles. The first-order valence-electron chi connectivity index (χ1n) is 14.7. The van der Waals surface area contributed by atoms with Crippen LogP contribution in [0.2, 0.25) is 0 Å². The zero-order chi connectivity index (χ0) is 30.0. The first kappa shape index (κ1) is 28.5. The average Bonchev–Trinajstić information content (AvgIpc) is 3.55. The highest BCUT2D eigenvalue weighted by molar-refractivity contribution is 5.65. The second-order valence-corrected chi connectivity index (χ2v) is 11.6. The van der Waals surface area contributed by atoms with Gasteiger partial charge in [0.05, 0.1) is 19.0 Å². The van der Waals surface area contributed by atoms with Crippen LogP contribution < -0.4 is 9.64 Å². The van der Waals surface area contributed by atoms with Gasteiger partial charge in [0.15, 0.2) is 0 Å². The van der Waals surface area contributed by atoms with Gasteiger partial charge in [0.25, 0.3) is 5.89 Å². The van der Waals surface area contributed by atoms with Crippen LogP contribution in [-0.4, -0.2) is 46.5 Å². The van der Waals surface area contributed by atoms with Crippen molar-refractivity contribution in [3.05, 3.63) is 96.6 Å². The Bertz CT molecular complexity index is 1660. The van der Waals surface area contributed by atoms with E-state index >= 15 is 0 Å². The molecular formula is C35H36FN5O2. The van der Waals surface area contributed by atoms with Crippen LogP contribution in [0.25, 0.3) is 34.0 Å². The van der Waals surface area contributed by atoms with E-state index < -0.39 is 6.17 Å². The molecule has 1 saturated heterocycles. The van der Waals surface area contributed by atoms with Crippen LogP contribution >= 0.6 is 0 Å². The van der Waals surface area contributed by atoms with Crippen molar-refractivity contribution < 1.29 is 13.7 Å². The van der Waals surface area contributed by atoms with Crippen molar-refractivity contribution in [3.8, 4) is 39.7 Å². The van der Waals surface area contributed by atoms with Crippen LogP contribution in [0.1, 0.15) is 44.9 Å². The number of nitrogens with zero attached hydrogens (tertiary/aromatic N) is 5. The number of ether oxygens (including phenoxy) is 1. The Morgan fingerprint density at radius 2 is 1.58 bits per heavy atom. The number of benzene rings is 2. The zero-order valence-electron chi connectivity index (χ0n) is 25.0. The van der Waals surface area contributed by atoms with Gasteiger partial charge < -0.3 is 14.2 Å². The lowest BCUT2D eigenvalue weighted by Crippen LogP contribution is -2.34. The van der Waals surface area contributed by atoms with Crippen molar-refractivity contribution in [3.63, 3.8) is 0 Å². The molecule has 0 spiro atoms. The summed E-state index contributed by atoms with van der Waals surface area (Å²) in [7, 11) is 1.65. The fourth-order valence-electron chi connectivity index (χ4n) is 5.69. The van der Waals surface area contributed by atoms with Gasteiger partial charge in [0, 0.05) is 53.3 Å². The maximum Gasteiger partial charge on any atom is 0.258 e. The first-order valence-corrected chi connectivity index (χ1v) is 14.7. The van der Waals surface area contributed by atoms with Crippen molar-refractivity contribution in [2.45, 2.75) is 45.2 Å². The number of aromatic nitrogens is 4. The largest absolute Gasteiger partial charge is 0.495 e. The van der Waals surface area contributed by atoms with E-state index in [9.17, 15) is 4.39 Å². The molecule has 0 radical (unpaired) electrons. The van der Waals surface area contributed by atoms with Crippen LogP contribution in [0.5, 0.6) is 5.75 Å². The fourth-order valence-corrected chi connectivity index (χ4v) is 5.69. The number of alkyl halides is 1. The third-order valence-electron chi connectivity index (χ3n) is 8.81. The maximum atomic E-state index is 13.5. The van der Waals surface area contributed by atoms with Gasteiger partial charge >= 0.3 is 0 Å². The predicted molar refractivity (Wildman–Crippen MR) is 167 cm³/mol. The summed E-state index contributed by atoms with van der Waals surface area (Å²) in [6.07, 6.45) is 5.83. The van der Waals surface area contributed by atoms with Gasteiger partial charge in [-0.3, -0.25) is 9.97 Å². The first-order chi connectivity index (χ1) is 20.8. The summed E-state index contributed by atoms with van der Waals surface area (Å²) in [6, 6.07) is 22.6. The summed E-state index contributed by atoms with van der Waals surface area (Å²) in [5.74, 6) is 1.96. The van der Waals surface area contributed by atoms with Crippen LogP contribution in [0.3, 0.4) is 0 Å². The number of anilines is 1. The molecule has 1 atom stereocenters. The topological polar surface area (TPSA) is 77.2 Å². The highest BCUT2D eigenvalue weighted by Gasteiger charge is 2.34. The van der Waals surface area contributed by atoms with E-state index in [1.54, 1.807) is 13.3 Å². The van der Waals surface area contributed by atoms with E-state index in [1.165, 1.54) is 5.56 Å². The van der Waals surface area contributed by atoms with Crippen molar-refractivity contribution >= 4 is 5.69 Å².